The minimum atomic E-state index is -4.68. The van der Waals surface area contributed by atoms with Gasteiger partial charge in [-0.3, -0.25) is 9.36 Å². The van der Waals surface area contributed by atoms with Crippen molar-refractivity contribution in [3.8, 4) is 5.69 Å². The highest BCUT2D eigenvalue weighted by atomic mass is 19.4. The molecule has 6 aromatic rings. The van der Waals surface area contributed by atoms with Gasteiger partial charge in [-0.15, -0.1) is 0 Å². The van der Waals surface area contributed by atoms with Crippen LogP contribution in [0.15, 0.2) is 97.8 Å². The van der Waals surface area contributed by atoms with Crippen molar-refractivity contribution >= 4 is 45.9 Å². The summed E-state index contributed by atoms with van der Waals surface area (Å²) >= 11 is 0. The van der Waals surface area contributed by atoms with E-state index in [2.05, 4.69) is 30.9 Å². The highest BCUT2D eigenvalue weighted by Crippen LogP contribution is 2.32. The summed E-state index contributed by atoms with van der Waals surface area (Å²) in [6, 6.07) is 17.5. The summed E-state index contributed by atoms with van der Waals surface area (Å²) in [5.74, 6) is -0.317. The van der Waals surface area contributed by atoms with E-state index in [1.54, 1.807) is 55.6 Å². The Morgan fingerprint density at radius 2 is 1.65 bits per heavy atom. The smallest absolute Gasteiger partial charge is 0.392 e. The molecule has 46 heavy (non-hydrogen) atoms. The molecule has 0 unspecified atom stereocenters. The van der Waals surface area contributed by atoms with Crippen LogP contribution in [0.1, 0.15) is 27.2 Å². The van der Waals surface area contributed by atoms with Gasteiger partial charge in [0, 0.05) is 40.7 Å². The van der Waals surface area contributed by atoms with Crippen molar-refractivity contribution in [2.75, 3.05) is 16.0 Å². The Hall–Kier alpha value is -6.02. The number of aliphatic hydroxyl groups excluding tert-OH is 1. The van der Waals surface area contributed by atoms with Crippen LogP contribution in [0.25, 0.3) is 16.7 Å². The zero-order chi connectivity index (χ0) is 32.4. The van der Waals surface area contributed by atoms with Crippen molar-refractivity contribution in [2.24, 2.45) is 0 Å². The van der Waals surface area contributed by atoms with Crippen LogP contribution in [0.5, 0.6) is 0 Å². The lowest BCUT2D eigenvalue weighted by molar-refractivity contribution is -0.137. The molecule has 0 aliphatic carbocycles. The summed E-state index contributed by atoms with van der Waals surface area (Å²) in [6.07, 6.45) is 1.08. The first-order valence-electron chi connectivity index (χ1n) is 13.8. The number of aromatic nitrogens is 5. The zero-order valence-corrected chi connectivity index (χ0v) is 24.1. The summed E-state index contributed by atoms with van der Waals surface area (Å²) in [4.78, 5) is 39.0. The Bertz CT molecular complexity index is 2090. The number of hydrogen-bond donors (Lipinski definition) is 4. The number of halogens is 3. The van der Waals surface area contributed by atoms with Gasteiger partial charge in [0.1, 0.15) is 12.1 Å². The van der Waals surface area contributed by atoms with E-state index >= 15 is 0 Å². The van der Waals surface area contributed by atoms with E-state index in [4.69, 9.17) is 0 Å². The second-order valence-corrected chi connectivity index (χ2v) is 10.3. The predicted octanol–water partition coefficient (Wildman–Crippen LogP) is 6.51. The molecule has 0 aliphatic rings. The van der Waals surface area contributed by atoms with Gasteiger partial charge in [-0.1, -0.05) is 18.2 Å². The molecule has 0 atom stereocenters. The topological polar surface area (TPSA) is 139 Å². The van der Waals surface area contributed by atoms with Crippen LogP contribution in [-0.4, -0.2) is 41.1 Å². The molecule has 0 fully saturated rings. The Kier molecular flexibility index (Phi) is 7.94. The van der Waals surface area contributed by atoms with Crippen LogP contribution in [0.4, 0.5) is 40.8 Å². The largest absolute Gasteiger partial charge is 0.416 e. The lowest BCUT2D eigenvalue weighted by atomic mass is 10.1. The van der Waals surface area contributed by atoms with Gasteiger partial charge in [-0.2, -0.15) is 13.2 Å². The third-order valence-corrected chi connectivity index (χ3v) is 6.96. The van der Waals surface area contributed by atoms with Gasteiger partial charge in [0.15, 0.2) is 5.65 Å². The third kappa shape index (κ3) is 6.42. The van der Waals surface area contributed by atoms with Gasteiger partial charge in [0.05, 0.1) is 29.6 Å². The maximum atomic E-state index is 13.7. The van der Waals surface area contributed by atoms with Crippen LogP contribution in [-0.2, 0) is 12.8 Å². The molecule has 0 spiro atoms. The average Bonchev–Trinajstić information content (AvgIpc) is 3.68. The summed E-state index contributed by atoms with van der Waals surface area (Å²) < 4.78 is 43.7. The quantitative estimate of drug-likeness (QED) is 0.158. The number of carbonyl (C=O) groups excluding carboxylic acids is 2. The first-order valence-corrected chi connectivity index (χ1v) is 13.8. The molecule has 2 amide bonds. The van der Waals surface area contributed by atoms with Gasteiger partial charge in [-0.05, 0) is 67.1 Å². The summed E-state index contributed by atoms with van der Waals surface area (Å²) in [5, 5.41) is 18.5. The summed E-state index contributed by atoms with van der Waals surface area (Å²) in [6.45, 7) is 1.58. The maximum Gasteiger partial charge on any atom is 0.416 e. The highest BCUT2D eigenvalue weighted by molar-refractivity contribution is 6.05. The number of imidazole rings is 1. The number of rotatable bonds is 7. The SMILES string of the molecule is Cc1cn(-c2cc(C(=O)Nc3cccc(NC(=O)n4ccc5c(Nc6cccc(CO)c6)ncnc54)c3)cc(C(F)(F)F)c2)cn1. The number of carbonyl (C=O) groups is 2. The highest BCUT2D eigenvalue weighted by Gasteiger charge is 2.32. The van der Waals surface area contributed by atoms with Gasteiger partial charge in [0.25, 0.3) is 5.91 Å². The van der Waals surface area contributed by atoms with Crippen LogP contribution < -0.4 is 16.0 Å². The zero-order valence-electron chi connectivity index (χ0n) is 24.1. The molecule has 3 aromatic carbocycles. The number of amides is 2. The molecule has 0 saturated heterocycles. The van der Waals surface area contributed by atoms with Crippen molar-refractivity contribution in [1.29, 1.82) is 0 Å². The maximum absolute atomic E-state index is 13.7. The fourth-order valence-electron chi connectivity index (χ4n) is 4.78. The number of aliphatic hydroxyl groups is 1. The van der Waals surface area contributed by atoms with E-state index in [9.17, 15) is 27.9 Å². The van der Waals surface area contributed by atoms with Crippen molar-refractivity contribution in [3.05, 3.63) is 120 Å². The van der Waals surface area contributed by atoms with Crippen molar-refractivity contribution < 1.29 is 27.9 Å². The molecule has 0 radical (unpaired) electrons. The molecule has 0 saturated carbocycles. The number of aryl methyl sites for hydroxylation is 1. The summed E-state index contributed by atoms with van der Waals surface area (Å²) in [5.41, 5.74) is 1.83. The molecule has 6 rings (SSSR count). The van der Waals surface area contributed by atoms with Gasteiger partial charge >= 0.3 is 12.2 Å². The van der Waals surface area contributed by atoms with Crippen LogP contribution in [0, 0.1) is 6.92 Å². The van der Waals surface area contributed by atoms with Crippen LogP contribution in [0.2, 0.25) is 0 Å². The van der Waals surface area contributed by atoms with Gasteiger partial charge < -0.3 is 25.6 Å². The normalized spacial score (nSPS) is 11.4. The number of nitrogens with one attached hydrogen (secondary N) is 3. The Labute approximate surface area is 259 Å². The fourth-order valence-corrected chi connectivity index (χ4v) is 4.78. The van der Waals surface area contributed by atoms with E-state index in [1.165, 1.54) is 40.1 Å². The molecule has 0 bridgehead atoms. The molecule has 14 heteroatoms. The van der Waals surface area contributed by atoms with Gasteiger partial charge in [-0.25, -0.2) is 19.7 Å². The first kappa shape index (κ1) is 30.0. The fraction of sp³-hybridized carbons (Fsp3) is 0.0938. The molecular weight excluding hydrogens is 601 g/mol. The standard InChI is InChI=1S/C32H25F3N8O3/c1-19-15-42(18-38-19)26-12-21(11-22(13-26)32(33,34)35)30(45)40-24-6-3-7-25(14-24)41-31(46)43-9-8-27-28(36-17-37-29(27)43)39-23-5-2-4-20(10-23)16-44/h2-15,17-18,44H,16H2,1H3,(H,40,45)(H,41,46)(H,36,37,39). The van der Waals surface area contributed by atoms with E-state index in [1.807, 2.05) is 6.07 Å². The Morgan fingerprint density at radius 3 is 2.39 bits per heavy atom. The second-order valence-electron chi connectivity index (χ2n) is 10.3. The number of hydrogen-bond acceptors (Lipinski definition) is 7. The molecule has 0 aliphatic heterocycles. The first-order chi connectivity index (χ1) is 22.1. The van der Waals surface area contributed by atoms with Crippen molar-refractivity contribution in [2.45, 2.75) is 19.7 Å². The van der Waals surface area contributed by atoms with Crippen molar-refractivity contribution in [1.82, 2.24) is 24.1 Å². The number of nitrogens with zero attached hydrogens (tertiary/aromatic N) is 5. The minimum absolute atomic E-state index is 0.117. The number of anilines is 4. The number of alkyl halides is 3. The Morgan fingerprint density at radius 1 is 0.891 bits per heavy atom. The second kappa shape index (κ2) is 12.2. The molecule has 232 valence electrons. The predicted molar refractivity (Wildman–Crippen MR) is 165 cm³/mol. The van der Waals surface area contributed by atoms with E-state index < -0.39 is 23.7 Å². The average molecular weight is 627 g/mol. The number of fused-ring (bicyclic) bond motifs is 1. The van der Waals surface area contributed by atoms with Crippen LogP contribution >= 0.6 is 0 Å². The molecular formula is C32H25F3N8O3. The van der Waals surface area contributed by atoms with Crippen molar-refractivity contribution in [3.63, 3.8) is 0 Å². The van der Waals surface area contributed by atoms with E-state index in [0.29, 0.717) is 33.9 Å². The lowest BCUT2D eigenvalue weighted by Crippen LogP contribution is -2.19. The molecule has 11 nitrogen and oxygen atoms in total. The van der Waals surface area contributed by atoms with Crippen LogP contribution in [0.3, 0.4) is 0 Å². The molecule has 3 heterocycles. The third-order valence-electron chi connectivity index (χ3n) is 6.96. The molecule has 4 N–H and O–H groups in total. The van der Waals surface area contributed by atoms with Gasteiger partial charge in [0.2, 0.25) is 0 Å². The molecule has 3 aromatic heterocycles. The minimum Gasteiger partial charge on any atom is -0.392 e. The summed E-state index contributed by atoms with van der Waals surface area (Å²) in [7, 11) is 0. The Balaban J connectivity index is 1.20. The number of benzene rings is 3. The van der Waals surface area contributed by atoms with E-state index in [0.717, 1.165) is 17.7 Å². The lowest BCUT2D eigenvalue weighted by Gasteiger charge is -2.13. The van der Waals surface area contributed by atoms with E-state index in [-0.39, 0.29) is 23.5 Å². The monoisotopic (exact) mass is 626 g/mol.